The Morgan fingerprint density at radius 3 is 2.63 bits per heavy atom. The van der Waals surface area contributed by atoms with Gasteiger partial charge in [0.2, 0.25) is 0 Å². The van der Waals surface area contributed by atoms with Crippen molar-refractivity contribution in [2.24, 2.45) is 5.41 Å². The maximum Gasteiger partial charge on any atom is 0.338 e. The van der Waals surface area contributed by atoms with E-state index >= 15 is 0 Å². The van der Waals surface area contributed by atoms with Crippen LogP contribution >= 0.6 is 0 Å². The minimum atomic E-state index is -1.23. The average Bonchev–Trinajstić information content (AvgIpc) is 2.85. The SMILES string of the molecule is CCC1(CNc2ccc(C(=O)O)c(F)c2)CCCC1. The van der Waals surface area contributed by atoms with Crippen LogP contribution in [0.4, 0.5) is 10.1 Å². The summed E-state index contributed by atoms with van der Waals surface area (Å²) in [5, 5.41) is 12.0. The van der Waals surface area contributed by atoms with Crippen LogP contribution in [-0.2, 0) is 0 Å². The summed E-state index contributed by atoms with van der Waals surface area (Å²) in [6.07, 6.45) is 6.08. The molecule has 1 aromatic carbocycles. The van der Waals surface area contributed by atoms with Gasteiger partial charge in [-0.25, -0.2) is 9.18 Å². The average molecular weight is 265 g/mol. The summed E-state index contributed by atoms with van der Waals surface area (Å²) in [5.41, 5.74) is 0.695. The lowest BCUT2D eigenvalue weighted by Crippen LogP contribution is -2.25. The third-order valence-corrected chi connectivity index (χ3v) is 4.28. The van der Waals surface area contributed by atoms with Gasteiger partial charge in [-0.3, -0.25) is 0 Å². The molecule has 1 fully saturated rings. The zero-order valence-electron chi connectivity index (χ0n) is 11.2. The molecule has 0 heterocycles. The van der Waals surface area contributed by atoms with Gasteiger partial charge in [0.15, 0.2) is 0 Å². The standard InChI is InChI=1S/C15H20FNO2/c1-2-15(7-3-4-8-15)10-17-11-5-6-12(14(18)19)13(16)9-11/h5-6,9,17H,2-4,7-8,10H2,1H3,(H,18,19). The van der Waals surface area contributed by atoms with Crippen molar-refractivity contribution in [2.75, 3.05) is 11.9 Å². The van der Waals surface area contributed by atoms with Crippen LogP contribution in [0.3, 0.4) is 0 Å². The molecule has 0 radical (unpaired) electrons. The molecule has 104 valence electrons. The van der Waals surface area contributed by atoms with Crippen molar-refractivity contribution in [3.63, 3.8) is 0 Å². The van der Waals surface area contributed by atoms with Crippen molar-refractivity contribution in [1.82, 2.24) is 0 Å². The molecule has 0 aromatic heterocycles. The predicted molar refractivity (Wildman–Crippen MR) is 73.0 cm³/mol. The Morgan fingerprint density at radius 2 is 2.11 bits per heavy atom. The largest absolute Gasteiger partial charge is 0.478 e. The molecule has 3 nitrogen and oxygen atoms in total. The molecule has 0 unspecified atom stereocenters. The minimum absolute atomic E-state index is 0.281. The topological polar surface area (TPSA) is 49.3 Å². The maximum atomic E-state index is 13.6. The fourth-order valence-corrected chi connectivity index (χ4v) is 2.87. The lowest BCUT2D eigenvalue weighted by atomic mass is 9.83. The zero-order chi connectivity index (χ0) is 13.9. The van der Waals surface area contributed by atoms with E-state index < -0.39 is 11.8 Å². The Kier molecular flexibility index (Phi) is 4.08. The van der Waals surface area contributed by atoms with E-state index in [1.165, 1.54) is 37.8 Å². The maximum absolute atomic E-state index is 13.6. The van der Waals surface area contributed by atoms with Crippen molar-refractivity contribution >= 4 is 11.7 Å². The van der Waals surface area contributed by atoms with Crippen LogP contribution in [0.1, 0.15) is 49.4 Å². The second-order valence-electron chi connectivity index (χ2n) is 5.41. The van der Waals surface area contributed by atoms with Crippen LogP contribution in [-0.4, -0.2) is 17.6 Å². The molecular weight excluding hydrogens is 245 g/mol. The molecule has 4 heteroatoms. The van der Waals surface area contributed by atoms with E-state index in [2.05, 4.69) is 12.2 Å². The van der Waals surface area contributed by atoms with Crippen molar-refractivity contribution in [3.05, 3.63) is 29.6 Å². The number of anilines is 1. The van der Waals surface area contributed by atoms with E-state index in [4.69, 9.17) is 5.11 Å². The molecule has 1 aliphatic rings. The molecule has 2 N–H and O–H groups in total. The summed E-state index contributed by atoms with van der Waals surface area (Å²) >= 11 is 0. The number of hydrogen-bond acceptors (Lipinski definition) is 2. The zero-order valence-corrected chi connectivity index (χ0v) is 11.2. The van der Waals surface area contributed by atoms with Gasteiger partial charge in [0.05, 0.1) is 5.56 Å². The smallest absolute Gasteiger partial charge is 0.338 e. The van der Waals surface area contributed by atoms with Gasteiger partial charge >= 0.3 is 5.97 Å². The van der Waals surface area contributed by atoms with Crippen molar-refractivity contribution in [2.45, 2.75) is 39.0 Å². The summed E-state index contributed by atoms with van der Waals surface area (Å²) in [7, 11) is 0. The first-order valence-corrected chi connectivity index (χ1v) is 6.83. The second-order valence-corrected chi connectivity index (χ2v) is 5.41. The normalized spacial score (nSPS) is 17.4. The second kappa shape index (κ2) is 5.59. The van der Waals surface area contributed by atoms with E-state index in [1.807, 2.05) is 0 Å². The molecule has 1 aromatic rings. The molecule has 19 heavy (non-hydrogen) atoms. The third kappa shape index (κ3) is 3.06. The fraction of sp³-hybridized carbons (Fsp3) is 0.533. The van der Waals surface area contributed by atoms with Crippen LogP contribution in [0.15, 0.2) is 18.2 Å². The first-order valence-electron chi connectivity index (χ1n) is 6.83. The van der Waals surface area contributed by atoms with Crippen LogP contribution in [0.2, 0.25) is 0 Å². The number of hydrogen-bond donors (Lipinski definition) is 2. The van der Waals surface area contributed by atoms with Crippen LogP contribution in [0.25, 0.3) is 0 Å². The van der Waals surface area contributed by atoms with Crippen molar-refractivity contribution in [3.8, 4) is 0 Å². The fourth-order valence-electron chi connectivity index (χ4n) is 2.87. The summed E-state index contributed by atoms with van der Waals surface area (Å²) in [5.74, 6) is -1.92. The van der Waals surface area contributed by atoms with Gasteiger partial charge in [-0.15, -0.1) is 0 Å². The van der Waals surface area contributed by atoms with E-state index in [9.17, 15) is 9.18 Å². The van der Waals surface area contributed by atoms with Gasteiger partial charge in [0, 0.05) is 12.2 Å². The van der Waals surface area contributed by atoms with Gasteiger partial charge in [-0.2, -0.15) is 0 Å². The number of rotatable bonds is 5. The highest BCUT2D eigenvalue weighted by Gasteiger charge is 2.31. The Morgan fingerprint density at radius 1 is 1.42 bits per heavy atom. The molecule has 2 rings (SSSR count). The number of carbonyl (C=O) groups is 1. The number of aromatic carboxylic acids is 1. The van der Waals surface area contributed by atoms with E-state index in [0.717, 1.165) is 13.0 Å². The van der Waals surface area contributed by atoms with Crippen molar-refractivity contribution in [1.29, 1.82) is 0 Å². The molecular formula is C15H20FNO2. The quantitative estimate of drug-likeness (QED) is 0.848. The Hall–Kier alpha value is -1.58. The van der Waals surface area contributed by atoms with Gasteiger partial charge in [-0.05, 0) is 42.9 Å². The molecule has 0 saturated heterocycles. The lowest BCUT2D eigenvalue weighted by molar-refractivity contribution is 0.0692. The highest BCUT2D eigenvalue weighted by atomic mass is 19.1. The Balaban J connectivity index is 2.03. The van der Waals surface area contributed by atoms with Crippen LogP contribution in [0.5, 0.6) is 0 Å². The van der Waals surface area contributed by atoms with Crippen LogP contribution in [0, 0.1) is 11.2 Å². The first-order chi connectivity index (χ1) is 9.06. The summed E-state index contributed by atoms with van der Waals surface area (Å²) in [6, 6.07) is 4.21. The molecule has 0 aliphatic heterocycles. The summed E-state index contributed by atoms with van der Waals surface area (Å²) in [6.45, 7) is 3.02. The van der Waals surface area contributed by atoms with Gasteiger partial charge < -0.3 is 10.4 Å². The molecule has 0 spiro atoms. The molecule has 1 saturated carbocycles. The first kappa shape index (κ1) is 13.8. The number of benzene rings is 1. The molecule has 0 bridgehead atoms. The number of carboxylic acid groups (broad SMARTS) is 1. The Labute approximate surface area is 112 Å². The molecule has 0 atom stereocenters. The number of nitrogens with one attached hydrogen (secondary N) is 1. The van der Waals surface area contributed by atoms with Crippen LogP contribution < -0.4 is 5.32 Å². The Bertz CT molecular complexity index is 467. The number of halogens is 1. The van der Waals surface area contributed by atoms with E-state index in [-0.39, 0.29) is 5.56 Å². The monoisotopic (exact) mass is 265 g/mol. The third-order valence-electron chi connectivity index (χ3n) is 4.28. The van der Waals surface area contributed by atoms with Gasteiger partial charge in [-0.1, -0.05) is 19.8 Å². The molecule has 1 aliphatic carbocycles. The van der Waals surface area contributed by atoms with E-state index in [1.54, 1.807) is 6.07 Å². The predicted octanol–water partition coefficient (Wildman–Crippen LogP) is 3.91. The molecule has 0 amide bonds. The summed E-state index contributed by atoms with van der Waals surface area (Å²) < 4.78 is 13.6. The highest BCUT2D eigenvalue weighted by molar-refractivity contribution is 5.88. The number of carboxylic acids is 1. The van der Waals surface area contributed by atoms with Crippen molar-refractivity contribution < 1.29 is 14.3 Å². The lowest BCUT2D eigenvalue weighted by Gasteiger charge is -2.28. The van der Waals surface area contributed by atoms with E-state index in [0.29, 0.717) is 11.1 Å². The summed E-state index contributed by atoms with van der Waals surface area (Å²) in [4.78, 5) is 10.7. The van der Waals surface area contributed by atoms with Gasteiger partial charge in [0.1, 0.15) is 5.82 Å². The highest BCUT2D eigenvalue weighted by Crippen LogP contribution is 2.40. The van der Waals surface area contributed by atoms with Gasteiger partial charge in [0.25, 0.3) is 0 Å². The minimum Gasteiger partial charge on any atom is -0.478 e.